The van der Waals surface area contributed by atoms with Crippen molar-refractivity contribution in [2.24, 2.45) is 5.92 Å². The number of rotatable bonds is 8. The quantitative estimate of drug-likeness (QED) is 0.654. The van der Waals surface area contributed by atoms with Crippen LogP contribution in [0, 0.1) is 5.92 Å². The molecule has 17 heavy (non-hydrogen) atoms. The van der Waals surface area contributed by atoms with Crippen molar-refractivity contribution in [3.63, 3.8) is 0 Å². The number of Topliss-reactive ketones (excluding diaryl/α,β-unsaturated/α-hetero) is 1. The Labute approximate surface area is 106 Å². The first kappa shape index (κ1) is 14.7. The van der Waals surface area contributed by atoms with Crippen LogP contribution >= 0.6 is 0 Å². The monoisotopic (exact) mass is 240 g/mol. The Balaban J connectivity index is 2.13. The van der Waals surface area contributed by atoms with E-state index in [2.05, 4.69) is 6.92 Å². The van der Waals surface area contributed by atoms with Gasteiger partial charge in [-0.05, 0) is 25.2 Å². The minimum absolute atomic E-state index is 0.0911. The molecule has 1 saturated carbocycles. The van der Waals surface area contributed by atoms with Gasteiger partial charge in [0.05, 0.1) is 0 Å². The Kier molecular flexibility index (Phi) is 7.50. The molecular weight excluding hydrogens is 212 g/mol. The molecule has 0 aromatic heterocycles. The van der Waals surface area contributed by atoms with E-state index < -0.39 is 6.10 Å². The van der Waals surface area contributed by atoms with Crippen LogP contribution in [0.3, 0.4) is 0 Å². The van der Waals surface area contributed by atoms with Crippen LogP contribution in [0.2, 0.25) is 0 Å². The summed E-state index contributed by atoms with van der Waals surface area (Å²) in [4.78, 5) is 11.8. The van der Waals surface area contributed by atoms with Crippen LogP contribution in [0.5, 0.6) is 0 Å². The third-order valence-electron chi connectivity index (χ3n) is 3.95. The van der Waals surface area contributed by atoms with E-state index >= 15 is 0 Å². The van der Waals surface area contributed by atoms with Crippen LogP contribution in [-0.4, -0.2) is 17.0 Å². The van der Waals surface area contributed by atoms with Gasteiger partial charge in [0.25, 0.3) is 0 Å². The molecule has 1 aliphatic carbocycles. The molecule has 0 bridgehead atoms. The van der Waals surface area contributed by atoms with E-state index in [1.807, 2.05) is 0 Å². The van der Waals surface area contributed by atoms with Crippen molar-refractivity contribution >= 4 is 5.78 Å². The summed E-state index contributed by atoms with van der Waals surface area (Å²) in [5.74, 6) is 0.347. The Hall–Kier alpha value is -0.370. The zero-order valence-corrected chi connectivity index (χ0v) is 11.3. The lowest BCUT2D eigenvalue weighted by atomic mass is 9.83. The van der Waals surface area contributed by atoms with Crippen molar-refractivity contribution in [3.8, 4) is 0 Å². The third-order valence-corrected chi connectivity index (χ3v) is 3.95. The van der Waals surface area contributed by atoms with E-state index in [0.717, 1.165) is 25.7 Å². The molecule has 1 N–H and O–H groups in total. The lowest BCUT2D eigenvalue weighted by Gasteiger charge is -2.25. The SMILES string of the molecule is CCCCCCCC(=O)C(O)C1CCCCC1. The molecule has 0 amide bonds. The van der Waals surface area contributed by atoms with Gasteiger partial charge in [-0.15, -0.1) is 0 Å². The van der Waals surface area contributed by atoms with Gasteiger partial charge < -0.3 is 5.11 Å². The van der Waals surface area contributed by atoms with Gasteiger partial charge in [0, 0.05) is 6.42 Å². The fourth-order valence-corrected chi connectivity index (χ4v) is 2.76. The third kappa shape index (κ3) is 5.67. The number of unbranched alkanes of at least 4 members (excludes halogenated alkanes) is 4. The number of ketones is 1. The topological polar surface area (TPSA) is 37.3 Å². The molecule has 2 nitrogen and oxygen atoms in total. The Morgan fingerprint density at radius 1 is 1.12 bits per heavy atom. The fourth-order valence-electron chi connectivity index (χ4n) is 2.76. The van der Waals surface area contributed by atoms with Crippen LogP contribution in [0.15, 0.2) is 0 Å². The maximum atomic E-state index is 11.8. The van der Waals surface area contributed by atoms with Crippen LogP contribution < -0.4 is 0 Å². The Morgan fingerprint density at radius 3 is 2.41 bits per heavy atom. The second-order valence-corrected chi connectivity index (χ2v) is 5.47. The number of hydrogen-bond donors (Lipinski definition) is 1. The molecule has 100 valence electrons. The van der Waals surface area contributed by atoms with Crippen molar-refractivity contribution in [2.75, 3.05) is 0 Å². The Bertz CT molecular complexity index is 207. The highest BCUT2D eigenvalue weighted by Gasteiger charge is 2.26. The summed E-state index contributed by atoms with van der Waals surface area (Å²) in [6.45, 7) is 2.19. The number of aliphatic hydroxyl groups is 1. The van der Waals surface area contributed by atoms with Gasteiger partial charge in [-0.2, -0.15) is 0 Å². The van der Waals surface area contributed by atoms with Crippen molar-refractivity contribution in [3.05, 3.63) is 0 Å². The van der Waals surface area contributed by atoms with E-state index in [0.29, 0.717) is 6.42 Å². The first-order chi connectivity index (χ1) is 8.25. The average Bonchev–Trinajstić information content (AvgIpc) is 2.38. The standard InChI is InChI=1S/C15H28O2/c1-2-3-4-5-9-12-14(16)15(17)13-10-7-6-8-11-13/h13,15,17H,2-12H2,1H3. The first-order valence-corrected chi connectivity index (χ1v) is 7.46. The molecule has 2 heteroatoms. The van der Waals surface area contributed by atoms with Crippen LogP contribution in [0.4, 0.5) is 0 Å². The molecular formula is C15H28O2. The second kappa shape index (κ2) is 8.68. The van der Waals surface area contributed by atoms with Gasteiger partial charge in [0.15, 0.2) is 5.78 Å². The zero-order chi connectivity index (χ0) is 12.5. The van der Waals surface area contributed by atoms with Crippen molar-refractivity contribution < 1.29 is 9.90 Å². The molecule has 1 atom stereocenters. The van der Waals surface area contributed by atoms with Gasteiger partial charge >= 0.3 is 0 Å². The lowest BCUT2D eigenvalue weighted by molar-refractivity contribution is -0.130. The molecule has 1 fully saturated rings. The molecule has 0 aliphatic heterocycles. The summed E-state index contributed by atoms with van der Waals surface area (Å²) in [6, 6.07) is 0. The summed E-state index contributed by atoms with van der Waals surface area (Å²) < 4.78 is 0. The highest BCUT2D eigenvalue weighted by Crippen LogP contribution is 2.27. The molecule has 0 spiro atoms. The van der Waals surface area contributed by atoms with Crippen molar-refractivity contribution in [1.29, 1.82) is 0 Å². The minimum Gasteiger partial charge on any atom is -0.385 e. The second-order valence-electron chi connectivity index (χ2n) is 5.47. The minimum atomic E-state index is -0.665. The predicted octanol–water partition coefficient (Wildman–Crippen LogP) is 3.86. The van der Waals surface area contributed by atoms with E-state index in [-0.39, 0.29) is 11.7 Å². The molecule has 0 aromatic carbocycles. The van der Waals surface area contributed by atoms with Crippen LogP contribution in [-0.2, 0) is 4.79 Å². The predicted molar refractivity (Wildman–Crippen MR) is 71.0 cm³/mol. The van der Waals surface area contributed by atoms with Gasteiger partial charge in [-0.3, -0.25) is 4.79 Å². The number of aliphatic hydroxyl groups excluding tert-OH is 1. The number of hydrogen-bond acceptors (Lipinski definition) is 2. The van der Waals surface area contributed by atoms with Crippen LogP contribution in [0.1, 0.15) is 77.6 Å². The smallest absolute Gasteiger partial charge is 0.161 e. The van der Waals surface area contributed by atoms with E-state index in [1.54, 1.807) is 0 Å². The normalized spacial score (nSPS) is 19.2. The van der Waals surface area contributed by atoms with E-state index in [1.165, 1.54) is 38.5 Å². The maximum absolute atomic E-state index is 11.8. The summed E-state index contributed by atoms with van der Waals surface area (Å²) in [7, 11) is 0. The maximum Gasteiger partial charge on any atom is 0.161 e. The van der Waals surface area contributed by atoms with Gasteiger partial charge in [0.1, 0.15) is 6.10 Å². The van der Waals surface area contributed by atoms with Gasteiger partial charge in [-0.25, -0.2) is 0 Å². The van der Waals surface area contributed by atoms with E-state index in [9.17, 15) is 9.90 Å². The summed E-state index contributed by atoms with van der Waals surface area (Å²) in [5, 5.41) is 10.00. The Morgan fingerprint density at radius 2 is 1.76 bits per heavy atom. The highest BCUT2D eigenvalue weighted by atomic mass is 16.3. The van der Waals surface area contributed by atoms with Crippen LogP contribution in [0.25, 0.3) is 0 Å². The van der Waals surface area contributed by atoms with Gasteiger partial charge in [-0.1, -0.05) is 51.9 Å². The number of carbonyl (C=O) groups excluding carboxylic acids is 1. The first-order valence-electron chi connectivity index (χ1n) is 7.46. The molecule has 0 saturated heterocycles. The summed E-state index contributed by atoms with van der Waals surface area (Å²) >= 11 is 0. The largest absolute Gasteiger partial charge is 0.385 e. The van der Waals surface area contributed by atoms with Crippen molar-refractivity contribution in [2.45, 2.75) is 83.7 Å². The highest BCUT2D eigenvalue weighted by molar-refractivity contribution is 5.83. The molecule has 1 rings (SSSR count). The average molecular weight is 240 g/mol. The summed E-state index contributed by atoms with van der Waals surface area (Å²) in [6.07, 6.45) is 11.5. The zero-order valence-electron chi connectivity index (χ0n) is 11.3. The lowest BCUT2D eigenvalue weighted by Crippen LogP contribution is -2.30. The summed E-state index contributed by atoms with van der Waals surface area (Å²) in [5.41, 5.74) is 0. The van der Waals surface area contributed by atoms with Crippen molar-refractivity contribution in [1.82, 2.24) is 0 Å². The molecule has 0 heterocycles. The molecule has 0 aromatic rings. The molecule has 1 aliphatic rings. The van der Waals surface area contributed by atoms with E-state index in [4.69, 9.17) is 0 Å². The van der Waals surface area contributed by atoms with Gasteiger partial charge in [0.2, 0.25) is 0 Å². The molecule has 0 radical (unpaired) electrons. The number of carbonyl (C=O) groups is 1. The fraction of sp³-hybridized carbons (Fsp3) is 0.933. The molecule has 1 unspecified atom stereocenters.